The zero-order valence-electron chi connectivity index (χ0n) is 17.5. The number of carbonyl (C=O) groups excluding carboxylic acids is 1. The van der Waals surface area contributed by atoms with Gasteiger partial charge in [-0.2, -0.15) is 0 Å². The topological polar surface area (TPSA) is 26.3 Å². The maximum atomic E-state index is 12.1. The van der Waals surface area contributed by atoms with Crippen molar-refractivity contribution in [2.45, 2.75) is 90.6 Å². The van der Waals surface area contributed by atoms with Crippen LogP contribution in [0.4, 0.5) is 0 Å². The Balaban J connectivity index is 1.54. The van der Waals surface area contributed by atoms with Crippen molar-refractivity contribution in [3.05, 3.63) is 24.0 Å². The molecule has 2 nitrogen and oxygen atoms in total. The van der Waals surface area contributed by atoms with Gasteiger partial charge < -0.3 is 4.74 Å². The highest BCUT2D eigenvalue weighted by atomic mass is 16.5. The van der Waals surface area contributed by atoms with E-state index < -0.39 is 0 Å². The number of hydrogen-bond acceptors (Lipinski definition) is 2. The summed E-state index contributed by atoms with van der Waals surface area (Å²) in [5, 5.41) is 0. The Morgan fingerprint density at radius 1 is 1.11 bits per heavy atom. The second kappa shape index (κ2) is 5.74. The maximum absolute atomic E-state index is 12.1. The molecule has 0 aromatic heterocycles. The van der Waals surface area contributed by atoms with E-state index in [2.05, 4.69) is 33.4 Å². The molecule has 0 aromatic carbocycles. The third-order valence-electron chi connectivity index (χ3n) is 10.1. The minimum atomic E-state index is 0.0670. The first kappa shape index (κ1) is 18.0. The predicted molar refractivity (Wildman–Crippen MR) is 108 cm³/mol. The van der Waals surface area contributed by atoms with Gasteiger partial charge in [0.25, 0.3) is 0 Å². The van der Waals surface area contributed by atoms with Crippen LogP contribution in [0.15, 0.2) is 24.0 Å². The lowest BCUT2D eigenvalue weighted by Crippen LogP contribution is -2.56. The molecule has 148 valence electrons. The van der Waals surface area contributed by atoms with E-state index in [0.29, 0.717) is 11.2 Å². The van der Waals surface area contributed by atoms with E-state index in [1.807, 2.05) is 0 Å². The average Bonchev–Trinajstić information content (AvgIpc) is 3.16. The van der Waals surface area contributed by atoms with E-state index in [0.717, 1.165) is 55.1 Å². The van der Waals surface area contributed by atoms with E-state index in [1.54, 1.807) is 0 Å². The molecule has 1 aliphatic heterocycles. The summed E-state index contributed by atoms with van der Waals surface area (Å²) in [5.74, 6) is 4.48. The van der Waals surface area contributed by atoms with Gasteiger partial charge in [-0.05, 0) is 80.1 Å². The Hall–Kier alpha value is -1.05. The van der Waals surface area contributed by atoms with E-state index in [4.69, 9.17) is 4.74 Å². The SMILES string of the molecule is C=C1CC[C@@]2(CCC3C4C(CCC32C)C2(C)CCC(=O)C=C2C[C@H]4CC)O1. The van der Waals surface area contributed by atoms with Gasteiger partial charge in [0.15, 0.2) is 5.78 Å². The first-order chi connectivity index (χ1) is 12.8. The van der Waals surface area contributed by atoms with Crippen LogP contribution in [0.3, 0.4) is 0 Å². The Morgan fingerprint density at radius 3 is 2.59 bits per heavy atom. The second-order valence-electron chi connectivity index (χ2n) is 10.8. The summed E-state index contributed by atoms with van der Waals surface area (Å²) >= 11 is 0. The van der Waals surface area contributed by atoms with Crippen molar-refractivity contribution in [1.82, 2.24) is 0 Å². The number of hydrogen-bond donors (Lipinski definition) is 0. The molecule has 5 aliphatic rings. The van der Waals surface area contributed by atoms with Gasteiger partial charge in [0.2, 0.25) is 0 Å². The molecule has 4 fully saturated rings. The fourth-order valence-corrected chi connectivity index (χ4v) is 8.51. The minimum Gasteiger partial charge on any atom is -0.492 e. The van der Waals surface area contributed by atoms with Gasteiger partial charge in [-0.3, -0.25) is 4.79 Å². The standard InChI is InChI=1S/C25H36O2/c1-5-17-14-18-15-19(26)7-10-23(18,3)20-8-11-24(4)21(22(17)20)9-13-25(24)12-6-16(2)27-25/h15,17,20-22H,2,5-14H2,1,3-4H3/t17-,20?,21?,22?,23?,24?,25+/m1/s1. The van der Waals surface area contributed by atoms with Crippen molar-refractivity contribution in [2.24, 2.45) is 34.5 Å². The van der Waals surface area contributed by atoms with E-state index in [9.17, 15) is 4.79 Å². The molecular formula is C25H36O2. The van der Waals surface area contributed by atoms with Crippen molar-refractivity contribution in [1.29, 1.82) is 0 Å². The van der Waals surface area contributed by atoms with Crippen molar-refractivity contribution in [2.75, 3.05) is 0 Å². The lowest BCUT2D eigenvalue weighted by atomic mass is 9.44. The third kappa shape index (κ3) is 2.22. The maximum Gasteiger partial charge on any atom is 0.155 e. The number of allylic oxidation sites excluding steroid dienone is 2. The lowest BCUT2D eigenvalue weighted by molar-refractivity contribution is -0.137. The number of ether oxygens (including phenoxy) is 1. The molecule has 5 unspecified atom stereocenters. The van der Waals surface area contributed by atoms with Gasteiger partial charge in [-0.15, -0.1) is 0 Å². The van der Waals surface area contributed by atoms with Gasteiger partial charge in [0, 0.05) is 18.3 Å². The van der Waals surface area contributed by atoms with Crippen molar-refractivity contribution in [3.63, 3.8) is 0 Å². The number of rotatable bonds is 1. The Labute approximate surface area is 164 Å². The highest BCUT2D eigenvalue weighted by Crippen LogP contribution is 2.71. The molecule has 0 bridgehead atoms. The molecule has 1 saturated heterocycles. The Morgan fingerprint density at radius 2 is 1.89 bits per heavy atom. The average molecular weight is 369 g/mol. The van der Waals surface area contributed by atoms with Crippen LogP contribution in [0.25, 0.3) is 0 Å². The lowest BCUT2D eigenvalue weighted by Gasteiger charge is -2.61. The summed E-state index contributed by atoms with van der Waals surface area (Å²) in [6, 6.07) is 0. The van der Waals surface area contributed by atoms with Crippen molar-refractivity contribution in [3.8, 4) is 0 Å². The number of carbonyl (C=O) groups is 1. The third-order valence-corrected chi connectivity index (χ3v) is 10.1. The quantitative estimate of drug-likeness (QED) is 0.549. The molecule has 5 rings (SSSR count). The zero-order valence-corrected chi connectivity index (χ0v) is 17.5. The summed E-state index contributed by atoms with van der Waals surface area (Å²) in [4.78, 5) is 12.1. The normalized spacial score (nSPS) is 51.4. The van der Waals surface area contributed by atoms with Crippen LogP contribution in [-0.2, 0) is 9.53 Å². The molecule has 7 atom stereocenters. The van der Waals surface area contributed by atoms with Crippen molar-refractivity contribution >= 4 is 5.78 Å². The van der Waals surface area contributed by atoms with Crippen LogP contribution in [0, 0.1) is 34.5 Å². The summed E-state index contributed by atoms with van der Waals surface area (Å²) in [5.41, 5.74) is 2.14. The molecule has 0 amide bonds. The fourth-order valence-electron chi connectivity index (χ4n) is 8.51. The summed E-state index contributed by atoms with van der Waals surface area (Å²) < 4.78 is 6.53. The predicted octanol–water partition coefficient (Wildman–Crippen LogP) is 6.22. The van der Waals surface area contributed by atoms with Gasteiger partial charge in [0.05, 0.1) is 5.76 Å². The monoisotopic (exact) mass is 368 g/mol. The molecule has 3 saturated carbocycles. The summed E-state index contributed by atoms with van der Waals surface area (Å²) in [6.07, 6.45) is 13.7. The number of fused-ring (bicyclic) bond motifs is 6. The molecule has 2 heteroatoms. The van der Waals surface area contributed by atoms with Gasteiger partial charge in [0.1, 0.15) is 5.60 Å². The number of ketones is 1. The first-order valence-corrected chi connectivity index (χ1v) is 11.4. The second-order valence-corrected chi connectivity index (χ2v) is 10.8. The molecule has 0 aromatic rings. The van der Waals surface area contributed by atoms with Crippen molar-refractivity contribution < 1.29 is 9.53 Å². The largest absolute Gasteiger partial charge is 0.492 e. The first-order valence-electron chi connectivity index (χ1n) is 11.4. The molecule has 4 aliphatic carbocycles. The Bertz CT molecular complexity index is 720. The van der Waals surface area contributed by atoms with Crippen LogP contribution >= 0.6 is 0 Å². The molecule has 27 heavy (non-hydrogen) atoms. The van der Waals surface area contributed by atoms with Gasteiger partial charge in [-0.25, -0.2) is 0 Å². The Kier molecular flexibility index (Phi) is 3.83. The van der Waals surface area contributed by atoms with Gasteiger partial charge in [-0.1, -0.05) is 39.3 Å². The minimum absolute atomic E-state index is 0.0670. The van der Waals surface area contributed by atoms with Gasteiger partial charge >= 0.3 is 0 Å². The van der Waals surface area contributed by atoms with Crippen LogP contribution in [0.1, 0.15) is 85.0 Å². The molecule has 1 heterocycles. The summed E-state index contributed by atoms with van der Waals surface area (Å²) in [7, 11) is 0. The zero-order chi connectivity index (χ0) is 19.0. The van der Waals surface area contributed by atoms with Crippen LogP contribution in [0.5, 0.6) is 0 Å². The van der Waals surface area contributed by atoms with Crippen LogP contribution in [0.2, 0.25) is 0 Å². The van der Waals surface area contributed by atoms with E-state index in [-0.39, 0.29) is 11.0 Å². The van der Waals surface area contributed by atoms with E-state index in [1.165, 1.54) is 44.1 Å². The molecule has 0 N–H and O–H groups in total. The van der Waals surface area contributed by atoms with Crippen LogP contribution < -0.4 is 0 Å². The fraction of sp³-hybridized carbons (Fsp3) is 0.800. The van der Waals surface area contributed by atoms with E-state index >= 15 is 0 Å². The highest BCUT2D eigenvalue weighted by molar-refractivity contribution is 5.91. The smallest absolute Gasteiger partial charge is 0.155 e. The summed E-state index contributed by atoms with van der Waals surface area (Å²) in [6.45, 7) is 11.6. The van der Waals surface area contributed by atoms with Crippen LogP contribution in [-0.4, -0.2) is 11.4 Å². The molecule has 1 spiro atoms. The molecule has 0 radical (unpaired) electrons. The highest BCUT2D eigenvalue weighted by Gasteiger charge is 2.67. The molecular weight excluding hydrogens is 332 g/mol.